The van der Waals surface area contributed by atoms with Crippen molar-refractivity contribution in [2.45, 2.75) is 32.2 Å². The second-order valence-corrected chi connectivity index (χ2v) is 7.40. The fraction of sp³-hybridized carbons (Fsp3) is 0.409. The molecule has 2 aliphatic heterocycles. The quantitative estimate of drug-likeness (QED) is 0.793. The fourth-order valence-corrected chi connectivity index (χ4v) is 4.17. The van der Waals surface area contributed by atoms with Crippen molar-refractivity contribution in [1.82, 2.24) is 4.90 Å². The van der Waals surface area contributed by atoms with E-state index in [1.54, 1.807) is 0 Å². The summed E-state index contributed by atoms with van der Waals surface area (Å²) >= 11 is 0. The molecule has 1 fully saturated rings. The molecule has 2 amide bonds. The number of nitrogens with two attached hydrogens (primary N) is 1. The molecule has 2 aliphatic rings. The van der Waals surface area contributed by atoms with Gasteiger partial charge in [-0.2, -0.15) is 0 Å². The Labute approximate surface area is 166 Å². The second-order valence-electron chi connectivity index (χ2n) is 7.40. The Morgan fingerprint density at radius 2 is 1.93 bits per heavy atom. The van der Waals surface area contributed by atoms with Gasteiger partial charge in [0.05, 0.1) is 12.3 Å². The second kappa shape index (κ2) is 8.00. The summed E-state index contributed by atoms with van der Waals surface area (Å²) in [4.78, 5) is 17.1. The maximum absolute atomic E-state index is 12.8. The molecule has 28 heavy (non-hydrogen) atoms. The molecule has 0 aromatic heterocycles. The van der Waals surface area contributed by atoms with Crippen molar-refractivity contribution in [3.63, 3.8) is 0 Å². The van der Waals surface area contributed by atoms with Gasteiger partial charge in [-0.15, -0.1) is 0 Å². The highest BCUT2D eigenvalue weighted by Crippen LogP contribution is 2.31. The minimum Gasteiger partial charge on any atom is -0.492 e. The average Bonchev–Trinajstić information content (AvgIpc) is 2.88. The Hall–Kier alpha value is -2.89. The van der Waals surface area contributed by atoms with E-state index in [4.69, 9.17) is 10.5 Å². The molecule has 4 rings (SSSR count). The number of nitrogens with one attached hydrogen (secondary N) is 1. The maximum Gasteiger partial charge on any atom is 0.322 e. The van der Waals surface area contributed by atoms with Crippen molar-refractivity contribution in [1.29, 1.82) is 0 Å². The standard InChI is InChI=1S/C22H28N4O2/c1-2-28-21-15-18(7-8-19(21)23)25-12-10-17(11-13-25)26-14-9-16-5-3-4-6-20(16)24-22(26)27/h3-8,15,17H,2,9-14,23H2,1H3,(H,24,27). The number of carbonyl (C=O) groups excluding carboxylic acids is 1. The fourth-order valence-electron chi connectivity index (χ4n) is 4.17. The third-order valence-electron chi connectivity index (χ3n) is 5.71. The van der Waals surface area contributed by atoms with Gasteiger partial charge in [0.15, 0.2) is 0 Å². The van der Waals surface area contributed by atoms with E-state index in [1.807, 2.05) is 48.2 Å². The summed E-state index contributed by atoms with van der Waals surface area (Å²) in [5.74, 6) is 0.742. The number of fused-ring (bicyclic) bond motifs is 1. The summed E-state index contributed by atoms with van der Waals surface area (Å²) in [6.07, 6.45) is 2.81. The van der Waals surface area contributed by atoms with Gasteiger partial charge in [0.25, 0.3) is 0 Å². The van der Waals surface area contributed by atoms with Crippen molar-refractivity contribution in [2.75, 3.05) is 42.2 Å². The SMILES string of the molecule is CCOc1cc(N2CCC(N3CCc4ccccc4NC3=O)CC2)ccc1N. The number of piperidine rings is 1. The molecule has 148 valence electrons. The number of para-hydroxylation sites is 1. The molecule has 6 nitrogen and oxygen atoms in total. The van der Waals surface area contributed by atoms with E-state index in [1.165, 1.54) is 5.56 Å². The van der Waals surface area contributed by atoms with Gasteiger partial charge >= 0.3 is 6.03 Å². The Bertz CT molecular complexity index is 846. The topological polar surface area (TPSA) is 70.8 Å². The number of nitrogens with zero attached hydrogens (tertiary/aromatic N) is 2. The molecule has 2 heterocycles. The summed E-state index contributed by atoms with van der Waals surface area (Å²) in [5.41, 5.74) is 9.94. The van der Waals surface area contributed by atoms with E-state index in [-0.39, 0.29) is 12.1 Å². The molecule has 0 bridgehead atoms. The minimum atomic E-state index is 0.0227. The zero-order valence-corrected chi connectivity index (χ0v) is 16.4. The number of nitrogen functional groups attached to an aromatic ring is 1. The van der Waals surface area contributed by atoms with E-state index in [2.05, 4.69) is 16.3 Å². The highest BCUT2D eigenvalue weighted by Gasteiger charge is 2.30. The van der Waals surface area contributed by atoms with Gasteiger partial charge in [0, 0.05) is 43.1 Å². The van der Waals surface area contributed by atoms with E-state index >= 15 is 0 Å². The van der Waals surface area contributed by atoms with Crippen molar-refractivity contribution in [3.05, 3.63) is 48.0 Å². The molecule has 0 spiro atoms. The van der Waals surface area contributed by atoms with Gasteiger partial charge in [-0.05, 0) is 49.9 Å². The third-order valence-corrected chi connectivity index (χ3v) is 5.71. The molecule has 0 aliphatic carbocycles. The van der Waals surface area contributed by atoms with Gasteiger partial charge in [0.1, 0.15) is 5.75 Å². The first kappa shape index (κ1) is 18.5. The highest BCUT2D eigenvalue weighted by molar-refractivity contribution is 5.91. The Kier molecular flexibility index (Phi) is 5.28. The number of anilines is 3. The molecule has 0 unspecified atom stereocenters. The van der Waals surface area contributed by atoms with Crippen LogP contribution in [0.2, 0.25) is 0 Å². The Morgan fingerprint density at radius 1 is 1.14 bits per heavy atom. The van der Waals surface area contributed by atoms with Crippen LogP contribution in [-0.4, -0.2) is 43.2 Å². The lowest BCUT2D eigenvalue weighted by Gasteiger charge is -2.39. The van der Waals surface area contributed by atoms with Gasteiger partial charge in [-0.3, -0.25) is 0 Å². The van der Waals surface area contributed by atoms with Crippen LogP contribution in [0, 0.1) is 0 Å². The molecule has 1 saturated heterocycles. The summed E-state index contributed by atoms with van der Waals surface area (Å²) < 4.78 is 5.63. The molecule has 2 aromatic rings. The minimum absolute atomic E-state index is 0.0227. The monoisotopic (exact) mass is 380 g/mol. The number of ether oxygens (including phenoxy) is 1. The zero-order chi connectivity index (χ0) is 19.5. The van der Waals surface area contributed by atoms with Gasteiger partial charge in [-0.1, -0.05) is 18.2 Å². The molecule has 6 heteroatoms. The zero-order valence-electron chi connectivity index (χ0n) is 16.4. The van der Waals surface area contributed by atoms with E-state index in [9.17, 15) is 4.79 Å². The largest absolute Gasteiger partial charge is 0.492 e. The molecule has 0 radical (unpaired) electrons. The van der Waals surface area contributed by atoms with Crippen LogP contribution in [-0.2, 0) is 6.42 Å². The number of carbonyl (C=O) groups is 1. The van der Waals surface area contributed by atoms with Crippen LogP contribution in [0.4, 0.5) is 21.9 Å². The van der Waals surface area contributed by atoms with Gasteiger partial charge in [-0.25, -0.2) is 4.79 Å². The van der Waals surface area contributed by atoms with Crippen LogP contribution < -0.4 is 20.7 Å². The van der Waals surface area contributed by atoms with Crippen molar-refractivity contribution in [3.8, 4) is 5.75 Å². The molecular formula is C22H28N4O2. The molecule has 0 saturated carbocycles. The first-order chi connectivity index (χ1) is 13.7. The van der Waals surface area contributed by atoms with Crippen molar-refractivity contribution in [2.24, 2.45) is 0 Å². The summed E-state index contributed by atoms with van der Waals surface area (Å²) in [7, 11) is 0. The molecule has 2 aromatic carbocycles. The normalized spacial score (nSPS) is 17.7. The van der Waals surface area contributed by atoms with Crippen LogP contribution in [0.3, 0.4) is 0 Å². The number of urea groups is 1. The first-order valence-electron chi connectivity index (χ1n) is 10.1. The lowest BCUT2D eigenvalue weighted by atomic mass is 10.0. The third kappa shape index (κ3) is 3.72. The van der Waals surface area contributed by atoms with Crippen LogP contribution in [0.5, 0.6) is 5.75 Å². The van der Waals surface area contributed by atoms with Gasteiger partial charge in [0.2, 0.25) is 0 Å². The Morgan fingerprint density at radius 3 is 2.71 bits per heavy atom. The smallest absolute Gasteiger partial charge is 0.322 e. The number of hydrogen-bond acceptors (Lipinski definition) is 4. The van der Waals surface area contributed by atoms with Gasteiger partial charge < -0.3 is 25.6 Å². The number of amides is 2. The number of hydrogen-bond donors (Lipinski definition) is 2. The Balaban J connectivity index is 1.40. The molecular weight excluding hydrogens is 352 g/mol. The highest BCUT2D eigenvalue weighted by atomic mass is 16.5. The molecule has 0 atom stereocenters. The van der Waals surface area contributed by atoms with Crippen LogP contribution in [0.15, 0.2) is 42.5 Å². The molecule has 3 N–H and O–H groups in total. The van der Waals surface area contributed by atoms with E-state index in [0.717, 1.165) is 56.0 Å². The van der Waals surface area contributed by atoms with Crippen molar-refractivity contribution < 1.29 is 9.53 Å². The van der Waals surface area contributed by atoms with Crippen LogP contribution in [0.1, 0.15) is 25.3 Å². The summed E-state index contributed by atoms with van der Waals surface area (Å²) in [6, 6.07) is 14.3. The summed E-state index contributed by atoms with van der Waals surface area (Å²) in [6.45, 7) is 5.15. The number of benzene rings is 2. The van der Waals surface area contributed by atoms with E-state index in [0.29, 0.717) is 12.3 Å². The first-order valence-corrected chi connectivity index (χ1v) is 10.1. The lowest BCUT2D eigenvalue weighted by molar-refractivity contribution is 0.177. The lowest BCUT2D eigenvalue weighted by Crippen LogP contribution is -2.48. The predicted octanol–water partition coefficient (Wildman–Crippen LogP) is 3.73. The van der Waals surface area contributed by atoms with Crippen molar-refractivity contribution >= 4 is 23.1 Å². The maximum atomic E-state index is 12.8. The predicted molar refractivity (Wildman–Crippen MR) is 113 cm³/mol. The average molecular weight is 380 g/mol. The number of rotatable bonds is 4. The van der Waals surface area contributed by atoms with Crippen LogP contribution >= 0.6 is 0 Å². The van der Waals surface area contributed by atoms with E-state index < -0.39 is 0 Å². The van der Waals surface area contributed by atoms with Crippen LogP contribution in [0.25, 0.3) is 0 Å². The summed E-state index contributed by atoms with van der Waals surface area (Å²) in [5, 5.41) is 3.08.